The second-order valence-electron chi connectivity index (χ2n) is 5.57. The maximum absolute atomic E-state index is 12.6. The summed E-state index contributed by atoms with van der Waals surface area (Å²) in [6, 6.07) is 5.72. The molecule has 0 spiro atoms. The number of benzene rings is 1. The molecule has 1 aliphatic carbocycles. The largest absolute Gasteiger partial charge is 0.337 e. The number of carbonyl (C=O) groups is 1. The fourth-order valence-electron chi connectivity index (χ4n) is 2.96. The first-order valence-corrected chi connectivity index (χ1v) is 7.56. The minimum absolute atomic E-state index is 0.00215. The van der Waals surface area contributed by atoms with Crippen molar-refractivity contribution in [3.05, 3.63) is 33.8 Å². The van der Waals surface area contributed by atoms with Crippen molar-refractivity contribution in [3.8, 4) is 0 Å². The Kier molecular flexibility index (Phi) is 4.95. The average Bonchev–Trinajstić information content (AvgIpc) is 2.89. The number of nitrogens with zero attached hydrogens (tertiary/aromatic N) is 2. The average molecular weight is 315 g/mol. The van der Waals surface area contributed by atoms with Crippen LogP contribution in [0.25, 0.3) is 0 Å². The first-order valence-electron chi connectivity index (χ1n) is 6.80. The lowest BCUT2D eigenvalue weighted by atomic mass is 10.1. The summed E-state index contributed by atoms with van der Waals surface area (Å²) in [5.41, 5.74) is 0.589. The van der Waals surface area contributed by atoms with Crippen LogP contribution in [0, 0.1) is 0 Å². The van der Waals surface area contributed by atoms with Crippen molar-refractivity contribution in [3.63, 3.8) is 0 Å². The van der Waals surface area contributed by atoms with Crippen LogP contribution in [0.1, 0.15) is 29.6 Å². The van der Waals surface area contributed by atoms with Gasteiger partial charge in [0.25, 0.3) is 5.91 Å². The number of carbonyl (C=O) groups excluding carboxylic acids is 1. The number of halogens is 2. The Balaban J connectivity index is 2.17. The first kappa shape index (κ1) is 15.6. The molecule has 5 heteroatoms. The molecule has 1 aliphatic rings. The lowest BCUT2D eigenvalue weighted by molar-refractivity contribution is 0.0667. The van der Waals surface area contributed by atoms with Crippen molar-refractivity contribution in [2.75, 3.05) is 21.1 Å². The zero-order chi connectivity index (χ0) is 14.9. The summed E-state index contributed by atoms with van der Waals surface area (Å²) in [6.07, 6.45) is 3.34. The number of hydrogen-bond donors (Lipinski definition) is 0. The summed E-state index contributed by atoms with van der Waals surface area (Å²) in [5.74, 6) is 0.00215. The van der Waals surface area contributed by atoms with E-state index in [1.54, 1.807) is 18.2 Å². The van der Waals surface area contributed by atoms with Crippen LogP contribution in [-0.2, 0) is 0 Å². The van der Waals surface area contributed by atoms with Crippen molar-refractivity contribution in [2.45, 2.75) is 31.3 Å². The molecule has 3 nitrogen and oxygen atoms in total. The van der Waals surface area contributed by atoms with E-state index in [1.807, 2.05) is 11.9 Å². The van der Waals surface area contributed by atoms with Crippen LogP contribution in [0.15, 0.2) is 18.2 Å². The topological polar surface area (TPSA) is 23.6 Å². The van der Waals surface area contributed by atoms with E-state index in [9.17, 15) is 4.79 Å². The van der Waals surface area contributed by atoms with Gasteiger partial charge in [-0.25, -0.2) is 0 Å². The molecule has 0 bridgehead atoms. The highest BCUT2D eigenvalue weighted by molar-refractivity contribution is 6.42. The molecule has 1 saturated carbocycles. The zero-order valence-electron chi connectivity index (χ0n) is 12.1. The van der Waals surface area contributed by atoms with Gasteiger partial charge in [0.05, 0.1) is 10.0 Å². The second-order valence-corrected chi connectivity index (χ2v) is 6.39. The van der Waals surface area contributed by atoms with Gasteiger partial charge in [0, 0.05) is 24.7 Å². The Bertz CT molecular complexity index is 505. The minimum Gasteiger partial charge on any atom is -0.337 e. The highest BCUT2D eigenvalue weighted by Gasteiger charge is 2.34. The van der Waals surface area contributed by atoms with E-state index in [-0.39, 0.29) is 11.9 Å². The zero-order valence-corrected chi connectivity index (χ0v) is 13.6. The molecule has 1 aromatic rings. The molecule has 1 aromatic carbocycles. The monoisotopic (exact) mass is 314 g/mol. The molecule has 1 amide bonds. The van der Waals surface area contributed by atoms with Gasteiger partial charge < -0.3 is 9.80 Å². The molecule has 0 heterocycles. The molecule has 0 saturated heterocycles. The first-order chi connectivity index (χ1) is 9.41. The predicted molar refractivity (Wildman–Crippen MR) is 83.7 cm³/mol. The van der Waals surface area contributed by atoms with E-state index in [0.29, 0.717) is 21.7 Å². The van der Waals surface area contributed by atoms with Gasteiger partial charge in [0.1, 0.15) is 0 Å². The van der Waals surface area contributed by atoms with Crippen molar-refractivity contribution in [1.29, 1.82) is 0 Å². The fraction of sp³-hybridized carbons (Fsp3) is 0.533. The predicted octanol–water partition coefficient (Wildman–Crippen LogP) is 3.55. The van der Waals surface area contributed by atoms with Gasteiger partial charge in [-0.05, 0) is 51.6 Å². The van der Waals surface area contributed by atoms with Crippen molar-refractivity contribution >= 4 is 29.1 Å². The van der Waals surface area contributed by atoms with Crippen LogP contribution in [-0.4, -0.2) is 48.9 Å². The van der Waals surface area contributed by atoms with E-state index in [0.717, 1.165) is 19.3 Å². The highest BCUT2D eigenvalue weighted by atomic mass is 35.5. The molecule has 0 unspecified atom stereocenters. The third kappa shape index (κ3) is 3.11. The molecular formula is C15H20Cl2N2O. The molecule has 0 N–H and O–H groups in total. The van der Waals surface area contributed by atoms with Crippen LogP contribution < -0.4 is 0 Å². The number of amides is 1. The van der Waals surface area contributed by atoms with Gasteiger partial charge in [-0.15, -0.1) is 0 Å². The summed E-state index contributed by atoms with van der Waals surface area (Å²) in [5, 5.41) is 0.888. The molecule has 2 atom stereocenters. The van der Waals surface area contributed by atoms with Gasteiger partial charge in [-0.3, -0.25) is 4.79 Å². The maximum Gasteiger partial charge on any atom is 0.253 e. The normalized spacial score (nSPS) is 22.3. The Labute approximate surface area is 130 Å². The third-order valence-electron chi connectivity index (χ3n) is 4.09. The number of rotatable bonds is 3. The van der Waals surface area contributed by atoms with E-state index in [1.165, 1.54) is 0 Å². The van der Waals surface area contributed by atoms with Gasteiger partial charge in [-0.2, -0.15) is 0 Å². The highest BCUT2D eigenvalue weighted by Crippen LogP contribution is 2.28. The molecular weight excluding hydrogens is 295 g/mol. The standard InChI is InChI=1S/C15H20Cl2N2O/c1-18(2)13-5-4-6-14(13)19(3)15(20)10-7-8-11(16)12(17)9-10/h7-9,13-14H,4-6H2,1-3H3/t13-,14+/m0/s1. The van der Waals surface area contributed by atoms with Crippen LogP contribution in [0.5, 0.6) is 0 Å². The van der Waals surface area contributed by atoms with E-state index < -0.39 is 0 Å². The summed E-state index contributed by atoms with van der Waals surface area (Å²) in [7, 11) is 6.01. The SMILES string of the molecule is CN(C)[C@H]1CCC[C@H]1N(C)C(=O)c1ccc(Cl)c(Cl)c1. The van der Waals surface area contributed by atoms with Gasteiger partial charge in [0.15, 0.2) is 0 Å². The molecule has 20 heavy (non-hydrogen) atoms. The lowest BCUT2D eigenvalue weighted by Crippen LogP contribution is -2.47. The summed E-state index contributed by atoms with van der Waals surface area (Å²) in [6.45, 7) is 0. The Morgan fingerprint density at radius 3 is 2.35 bits per heavy atom. The molecule has 1 fully saturated rings. The smallest absolute Gasteiger partial charge is 0.253 e. The maximum atomic E-state index is 12.6. The Morgan fingerprint density at radius 1 is 1.10 bits per heavy atom. The molecule has 110 valence electrons. The molecule has 0 aliphatic heterocycles. The van der Waals surface area contributed by atoms with E-state index in [2.05, 4.69) is 19.0 Å². The molecule has 0 aromatic heterocycles. The summed E-state index contributed by atoms with van der Waals surface area (Å²) in [4.78, 5) is 16.6. The Hall–Kier alpha value is -0.770. The second kappa shape index (κ2) is 6.33. The molecule has 2 rings (SSSR count). The van der Waals surface area contributed by atoms with Crippen LogP contribution in [0.2, 0.25) is 10.0 Å². The summed E-state index contributed by atoms with van der Waals surface area (Å²) < 4.78 is 0. The van der Waals surface area contributed by atoms with E-state index >= 15 is 0 Å². The lowest BCUT2D eigenvalue weighted by Gasteiger charge is -2.33. The molecule has 0 radical (unpaired) electrons. The number of likely N-dealkylation sites (N-methyl/N-ethyl adjacent to an activating group) is 2. The van der Waals surface area contributed by atoms with Crippen molar-refractivity contribution in [2.24, 2.45) is 0 Å². The minimum atomic E-state index is 0.00215. The fourth-order valence-corrected chi connectivity index (χ4v) is 3.26. The van der Waals surface area contributed by atoms with Crippen LogP contribution >= 0.6 is 23.2 Å². The third-order valence-corrected chi connectivity index (χ3v) is 4.83. The quantitative estimate of drug-likeness (QED) is 0.852. The van der Waals surface area contributed by atoms with Gasteiger partial charge in [0.2, 0.25) is 0 Å². The van der Waals surface area contributed by atoms with Gasteiger partial charge in [-0.1, -0.05) is 23.2 Å². The van der Waals surface area contributed by atoms with Gasteiger partial charge >= 0.3 is 0 Å². The van der Waals surface area contributed by atoms with Crippen LogP contribution in [0.3, 0.4) is 0 Å². The van der Waals surface area contributed by atoms with E-state index in [4.69, 9.17) is 23.2 Å². The van der Waals surface area contributed by atoms with Crippen molar-refractivity contribution < 1.29 is 4.79 Å². The Morgan fingerprint density at radius 2 is 1.75 bits per heavy atom. The number of hydrogen-bond acceptors (Lipinski definition) is 2. The van der Waals surface area contributed by atoms with Crippen LogP contribution in [0.4, 0.5) is 0 Å². The van der Waals surface area contributed by atoms with Crippen molar-refractivity contribution in [1.82, 2.24) is 9.80 Å². The summed E-state index contributed by atoms with van der Waals surface area (Å²) >= 11 is 11.9.